The van der Waals surface area contributed by atoms with Crippen LogP contribution in [-0.2, 0) is 16.0 Å². The van der Waals surface area contributed by atoms with Crippen LogP contribution in [-0.4, -0.2) is 28.5 Å². The molecule has 0 radical (unpaired) electrons. The summed E-state index contributed by atoms with van der Waals surface area (Å²) in [7, 11) is 0. The minimum atomic E-state index is -1.08. The summed E-state index contributed by atoms with van der Waals surface area (Å²) < 4.78 is 0. The van der Waals surface area contributed by atoms with Crippen molar-refractivity contribution in [2.24, 2.45) is 0 Å². The number of amides is 1. The van der Waals surface area contributed by atoms with E-state index in [4.69, 9.17) is 5.11 Å². The SMILES string of the molecule is O=[C-]NC(Cc1ccc2ncccc2c1)C(=O)O.[Fm]. The first-order valence-electron chi connectivity index (χ1n) is 5.40. The van der Waals surface area contributed by atoms with Crippen molar-refractivity contribution in [3.63, 3.8) is 0 Å². The summed E-state index contributed by atoms with van der Waals surface area (Å²) >= 11 is 0. The van der Waals surface area contributed by atoms with E-state index in [0.717, 1.165) is 16.5 Å². The van der Waals surface area contributed by atoms with E-state index in [1.807, 2.05) is 24.3 Å². The summed E-state index contributed by atoms with van der Waals surface area (Å²) in [6.07, 6.45) is 3.33. The first-order chi connectivity index (χ1) is 8.70. The van der Waals surface area contributed by atoms with Gasteiger partial charge in [0.2, 0.25) is 0 Å². The van der Waals surface area contributed by atoms with Crippen molar-refractivity contribution in [1.82, 2.24) is 10.3 Å². The molecule has 0 spiro atoms. The number of rotatable bonds is 5. The molecule has 0 saturated heterocycles. The van der Waals surface area contributed by atoms with E-state index in [0.29, 0.717) is 0 Å². The molecule has 19 heavy (non-hydrogen) atoms. The number of carboxylic acids is 1. The first-order valence-corrected chi connectivity index (χ1v) is 5.40. The van der Waals surface area contributed by atoms with E-state index in [-0.39, 0.29) is 6.42 Å². The monoisotopic (exact) mass is 500 g/mol. The van der Waals surface area contributed by atoms with Gasteiger partial charge in [0, 0.05) is 18.0 Å². The maximum absolute atomic E-state index is 10.9. The van der Waals surface area contributed by atoms with Crippen molar-refractivity contribution >= 4 is 23.3 Å². The van der Waals surface area contributed by atoms with Crippen LogP contribution in [0.15, 0.2) is 36.5 Å². The van der Waals surface area contributed by atoms with Crippen molar-refractivity contribution in [3.05, 3.63) is 42.1 Å². The van der Waals surface area contributed by atoms with Crippen LogP contribution < -0.4 is 5.32 Å². The van der Waals surface area contributed by atoms with Gasteiger partial charge >= 0.3 is 5.97 Å². The van der Waals surface area contributed by atoms with Gasteiger partial charge in [0.05, 0.1) is 5.52 Å². The third kappa shape index (κ3) is 3.03. The number of carboxylic acid groups (broad SMARTS) is 1. The number of aromatic nitrogens is 1. The molecule has 2 N–H and O–H groups in total. The fraction of sp³-hybridized carbons (Fsp3) is 0.154. The number of carbonyl (C=O) groups is 1. The molecule has 0 fully saturated rings. The molecule has 5 nitrogen and oxygen atoms in total. The molecular formula is C13H11FmN2O3-. The second-order valence-electron chi connectivity index (χ2n) is 3.87. The predicted molar refractivity (Wildman–Crippen MR) is 65.7 cm³/mol. The molecule has 0 aliphatic rings. The average molecular weight is 500 g/mol. The smallest absolute Gasteiger partial charge is 0.323 e. The van der Waals surface area contributed by atoms with E-state index in [1.165, 1.54) is 6.41 Å². The zero-order valence-electron chi connectivity index (χ0n) is 9.75. The van der Waals surface area contributed by atoms with Crippen LogP contribution in [0.4, 0.5) is 0 Å². The molecule has 1 amide bonds. The Balaban J connectivity index is 0.00000180. The Bertz CT molecular complexity index is 589. The van der Waals surface area contributed by atoms with Gasteiger partial charge in [-0.05, 0) is 23.8 Å². The van der Waals surface area contributed by atoms with Crippen molar-refractivity contribution in [3.8, 4) is 0 Å². The number of pyridine rings is 1. The Hall–Kier alpha value is -3.43. The molecule has 0 saturated carbocycles. The van der Waals surface area contributed by atoms with Gasteiger partial charge in [0.15, 0.2) is 0 Å². The average Bonchev–Trinajstić information content (AvgIpc) is 2.38. The van der Waals surface area contributed by atoms with Gasteiger partial charge in [-0.3, -0.25) is 9.78 Å². The largest absolute Gasteiger partial charge is 0.520 e. The van der Waals surface area contributed by atoms with E-state index in [1.54, 1.807) is 12.3 Å². The zero-order valence-corrected chi connectivity index (χ0v) is 12.2. The molecule has 1 aromatic carbocycles. The van der Waals surface area contributed by atoms with Crippen molar-refractivity contribution in [2.45, 2.75) is 12.5 Å². The summed E-state index contributed by atoms with van der Waals surface area (Å²) in [5.74, 6) is -1.08. The topological polar surface area (TPSA) is 79.3 Å². The summed E-state index contributed by atoms with van der Waals surface area (Å²) in [5.41, 5.74) is 1.67. The zero-order chi connectivity index (χ0) is 13.0. The van der Waals surface area contributed by atoms with Gasteiger partial charge in [-0.1, -0.05) is 12.1 Å². The van der Waals surface area contributed by atoms with Crippen molar-refractivity contribution in [1.29, 1.82) is 0 Å². The van der Waals surface area contributed by atoms with Gasteiger partial charge < -0.3 is 15.2 Å². The fourth-order valence-electron chi connectivity index (χ4n) is 1.76. The van der Waals surface area contributed by atoms with Crippen LogP contribution in [0.3, 0.4) is 0 Å². The van der Waals surface area contributed by atoms with E-state index in [9.17, 15) is 9.59 Å². The number of nitrogens with zero attached hydrogens (tertiary/aromatic N) is 1. The molecule has 6 heteroatoms. The second kappa shape index (κ2) is 5.77. The molecule has 1 unspecified atom stereocenters. The summed E-state index contributed by atoms with van der Waals surface area (Å²) in [5, 5.41) is 12.0. The predicted octanol–water partition coefficient (Wildman–Crippen LogP) is 0.887. The number of aliphatic carboxylic acids is 1. The van der Waals surface area contributed by atoms with E-state index >= 15 is 0 Å². The van der Waals surface area contributed by atoms with Crippen LogP contribution in [0.2, 0.25) is 0 Å². The van der Waals surface area contributed by atoms with Crippen LogP contribution in [0, 0.1) is 0 Å². The number of fused-ring (bicyclic) bond motifs is 1. The van der Waals surface area contributed by atoms with Crippen LogP contribution in [0.5, 0.6) is 0 Å². The van der Waals surface area contributed by atoms with Crippen LogP contribution in [0.25, 0.3) is 10.9 Å². The Morgan fingerprint density at radius 3 is 2.89 bits per heavy atom. The Kier molecular flexibility index (Phi) is 4.14. The number of benzene rings is 1. The summed E-state index contributed by atoms with van der Waals surface area (Å²) in [4.78, 5) is 25.3. The molecule has 1 heterocycles. The number of nitrogens with one attached hydrogen (secondary N) is 1. The van der Waals surface area contributed by atoms with Gasteiger partial charge in [-0.25, -0.2) is 0 Å². The molecule has 0 aliphatic heterocycles. The number of hydrogen-bond acceptors (Lipinski definition) is 3. The fourth-order valence-corrected chi connectivity index (χ4v) is 1.76. The second-order valence-corrected chi connectivity index (χ2v) is 3.87. The summed E-state index contributed by atoms with van der Waals surface area (Å²) in [6, 6.07) is 8.26. The Morgan fingerprint density at radius 2 is 2.21 bits per heavy atom. The normalized spacial score (nSPS) is 11.4. The van der Waals surface area contributed by atoms with E-state index in [2.05, 4.69) is 10.3 Å². The van der Waals surface area contributed by atoms with Crippen LogP contribution in [0.1, 0.15) is 5.56 Å². The molecule has 104 valence electrons. The third-order valence-corrected chi connectivity index (χ3v) is 2.64. The summed E-state index contributed by atoms with van der Waals surface area (Å²) in [6.45, 7) is 0. The molecule has 1 atom stereocenters. The first kappa shape index (κ1) is 13.6. The van der Waals surface area contributed by atoms with Gasteiger partial charge in [-0.2, -0.15) is 6.41 Å². The van der Waals surface area contributed by atoms with Crippen LogP contribution >= 0.6 is 0 Å². The standard InChI is InChI=1S/C13H11N2O3.Fm/c16-8-15-12(13(17)18)7-9-3-4-11-10(6-9)2-1-5-14-11;/h1-6,12H,7H2,(H,15,16)(H,17,18);/q-1;. The molecule has 0 aliphatic carbocycles. The minimum Gasteiger partial charge on any atom is -0.520 e. The Morgan fingerprint density at radius 1 is 1.42 bits per heavy atom. The molecule has 2 rings (SSSR count). The quantitative estimate of drug-likeness (QED) is 0.473. The van der Waals surface area contributed by atoms with E-state index < -0.39 is 12.0 Å². The maximum Gasteiger partial charge on any atom is 0.323 e. The van der Waals surface area contributed by atoms with Crippen molar-refractivity contribution < 1.29 is 14.7 Å². The molecule has 0 bridgehead atoms. The minimum absolute atomic E-state index is 0. The molecule has 2 aromatic rings. The number of hydrogen-bond donors (Lipinski definition) is 2. The van der Waals surface area contributed by atoms with Gasteiger partial charge in [0.25, 0.3) is 0 Å². The Labute approximate surface area is 103 Å². The molecular weight excluding hydrogens is 489 g/mol. The third-order valence-electron chi connectivity index (χ3n) is 2.64. The van der Waals surface area contributed by atoms with Crippen molar-refractivity contribution in [2.75, 3.05) is 0 Å². The van der Waals surface area contributed by atoms with Gasteiger partial charge in [0.1, 0.15) is 6.04 Å². The molecule has 1 aromatic heterocycles. The van der Waals surface area contributed by atoms with Gasteiger partial charge in [-0.15, -0.1) is 0 Å². The number of carbonyl (C=O) groups excluding carboxylic acids is 1. The maximum atomic E-state index is 10.9.